The molecule has 0 N–H and O–H groups in total. The van der Waals surface area contributed by atoms with Crippen molar-refractivity contribution < 1.29 is 0 Å². The van der Waals surface area contributed by atoms with Crippen LogP contribution in [0.25, 0.3) is 11.1 Å². The number of rotatable bonds is 4. The van der Waals surface area contributed by atoms with Crippen molar-refractivity contribution in [2.75, 3.05) is 14.7 Å². The van der Waals surface area contributed by atoms with E-state index in [4.69, 9.17) is 0 Å². The average molecular weight is 912 g/mol. The van der Waals surface area contributed by atoms with Crippen LogP contribution in [0.1, 0.15) is 143 Å². The van der Waals surface area contributed by atoms with E-state index in [2.05, 4.69) is 219 Å². The van der Waals surface area contributed by atoms with Crippen molar-refractivity contribution in [3.8, 4) is 11.1 Å². The molecule has 2 fully saturated rings. The van der Waals surface area contributed by atoms with Crippen LogP contribution in [0.3, 0.4) is 0 Å². The molecule has 6 aliphatic rings. The predicted molar refractivity (Wildman–Crippen MR) is 297 cm³/mol. The lowest BCUT2D eigenvalue weighted by Gasteiger charge is -2.54. The molecule has 2 aliphatic carbocycles. The Balaban J connectivity index is 1.25. The lowest BCUT2D eigenvalue weighted by Crippen LogP contribution is -2.65. The van der Waals surface area contributed by atoms with Crippen molar-refractivity contribution in [2.45, 2.75) is 173 Å². The first-order chi connectivity index (χ1) is 32.1. The Morgan fingerprint density at radius 2 is 1.09 bits per heavy atom. The summed E-state index contributed by atoms with van der Waals surface area (Å²) in [5.74, 6) is 0. The van der Waals surface area contributed by atoms with Crippen molar-refractivity contribution in [2.24, 2.45) is 0 Å². The molecule has 4 unspecified atom stereocenters. The van der Waals surface area contributed by atoms with Crippen LogP contribution in [0.4, 0.5) is 39.8 Å². The van der Waals surface area contributed by atoms with Gasteiger partial charge in [-0.05, 0) is 131 Å². The molecule has 4 atom stereocenters. The van der Waals surface area contributed by atoms with Crippen molar-refractivity contribution in [1.82, 2.24) is 0 Å². The summed E-state index contributed by atoms with van der Waals surface area (Å²) in [5, 5.41) is 1.60. The third kappa shape index (κ3) is 5.84. The van der Waals surface area contributed by atoms with Crippen molar-refractivity contribution in [3.63, 3.8) is 0 Å². The number of hydrogen-bond donors (Lipinski definition) is 0. The molecular formula is C63H74BN3Si. The molecule has 0 spiro atoms. The summed E-state index contributed by atoms with van der Waals surface area (Å²) in [7, 11) is -1.75. The highest BCUT2D eigenvalue weighted by Crippen LogP contribution is 2.65. The van der Waals surface area contributed by atoms with Crippen LogP contribution in [-0.2, 0) is 21.7 Å². The fourth-order valence-corrected chi connectivity index (χ4v) is 15.9. The molecule has 348 valence electrons. The number of fused-ring (bicyclic) bond motifs is 10. The van der Waals surface area contributed by atoms with Crippen LogP contribution in [0.15, 0.2) is 115 Å². The zero-order valence-electron chi connectivity index (χ0n) is 43.5. The largest absolute Gasteiger partial charge is 0.335 e. The van der Waals surface area contributed by atoms with Crippen molar-refractivity contribution in [1.29, 1.82) is 0 Å². The molecular weight excluding hydrogens is 838 g/mol. The highest BCUT2D eigenvalue weighted by molar-refractivity contribution is 7.01. The van der Waals surface area contributed by atoms with Gasteiger partial charge in [0.05, 0.1) is 24.8 Å². The van der Waals surface area contributed by atoms with Gasteiger partial charge in [-0.1, -0.05) is 185 Å². The SMILES string of the molecule is CC(C)(C)c1ccc(N2c3cc(C(C)(C)C)ccc3B3c4cc([Si](C)(C)C)cc5c4N(c4cc(N6c7ccccc7C7(C)CCCCC67C)cc2c43)C2(C)CCCCC52C)c(-c2ccccc2)c1. The second-order valence-corrected chi connectivity index (χ2v) is 31.1. The number of para-hydroxylation sites is 1. The number of nitrogens with zero attached hydrogens (tertiary/aromatic N) is 3. The molecule has 4 heterocycles. The summed E-state index contributed by atoms with van der Waals surface area (Å²) >= 11 is 0. The molecule has 5 heteroatoms. The fourth-order valence-electron chi connectivity index (χ4n) is 14.8. The van der Waals surface area contributed by atoms with Crippen LogP contribution >= 0.6 is 0 Å². The Morgan fingerprint density at radius 1 is 0.500 bits per heavy atom. The van der Waals surface area contributed by atoms with Gasteiger partial charge in [-0.15, -0.1) is 0 Å². The number of hydrogen-bond acceptors (Lipinski definition) is 3. The van der Waals surface area contributed by atoms with Gasteiger partial charge in [0.2, 0.25) is 0 Å². The first-order valence-electron chi connectivity index (χ1n) is 26.3. The quantitative estimate of drug-likeness (QED) is 0.163. The van der Waals surface area contributed by atoms with E-state index < -0.39 is 8.07 Å². The smallest absolute Gasteiger partial charge is 0.252 e. The van der Waals surface area contributed by atoms with E-state index in [-0.39, 0.29) is 39.5 Å². The lowest BCUT2D eigenvalue weighted by molar-refractivity contribution is 0.194. The summed E-state index contributed by atoms with van der Waals surface area (Å²) in [4.78, 5) is 8.59. The predicted octanol–water partition coefficient (Wildman–Crippen LogP) is 14.6. The summed E-state index contributed by atoms with van der Waals surface area (Å²) < 4.78 is 0. The highest BCUT2D eigenvalue weighted by atomic mass is 28.3. The third-order valence-electron chi connectivity index (χ3n) is 19.2. The standard InChI is InChI=1S/C63H74BN3Si/c1-58(2,3)42-28-30-51(46(35-42)41-23-15-14-16-24-41)65-53-36-43(59(4,5)6)27-29-49(53)64-50-40-45(68(11,12)13)39-48-57(50)67(63(10)34-22-20-32-61(48,63)8)55-38-44(37-54(65)56(55)64)66-52-26-18-17-25-47(52)60(7)31-19-21-33-62(60,66)9/h14-18,23-30,35-40H,19-22,31-34H2,1-13H3. The highest BCUT2D eigenvalue weighted by Gasteiger charge is 2.63. The number of anilines is 7. The molecule has 68 heavy (non-hydrogen) atoms. The van der Waals surface area contributed by atoms with Gasteiger partial charge in [0.25, 0.3) is 6.71 Å². The minimum Gasteiger partial charge on any atom is -0.335 e. The summed E-state index contributed by atoms with van der Waals surface area (Å²) in [6.45, 7) is 32.6. The maximum atomic E-state index is 2.97. The van der Waals surface area contributed by atoms with Crippen LogP contribution in [0, 0.1) is 0 Å². The average Bonchev–Trinajstić information content (AvgIpc) is 3.64. The van der Waals surface area contributed by atoms with E-state index in [1.54, 1.807) is 10.8 Å². The van der Waals surface area contributed by atoms with Gasteiger partial charge in [0.15, 0.2) is 0 Å². The van der Waals surface area contributed by atoms with Crippen LogP contribution < -0.4 is 36.3 Å². The van der Waals surface area contributed by atoms with Gasteiger partial charge in [-0.3, -0.25) is 0 Å². The molecule has 4 aliphatic heterocycles. The molecule has 0 amide bonds. The first kappa shape index (κ1) is 44.2. The van der Waals surface area contributed by atoms with Crippen LogP contribution in [-0.4, -0.2) is 25.9 Å². The Hall–Kier alpha value is -5.00. The second-order valence-electron chi connectivity index (χ2n) is 26.1. The molecule has 0 saturated heterocycles. The Kier molecular flexibility index (Phi) is 9.30. The molecule has 3 nitrogen and oxygen atoms in total. The first-order valence-corrected chi connectivity index (χ1v) is 29.8. The van der Waals surface area contributed by atoms with Gasteiger partial charge in [0, 0.05) is 50.5 Å². The van der Waals surface area contributed by atoms with Gasteiger partial charge < -0.3 is 14.7 Å². The minimum absolute atomic E-state index is 0.00990. The molecule has 6 aromatic rings. The Labute approximate surface area is 410 Å². The monoisotopic (exact) mass is 912 g/mol. The molecule has 0 aromatic heterocycles. The maximum absolute atomic E-state index is 2.97. The molecule has 2 saturated carbocycles. The van der Waals surface area contributed by atoms with Gasteiger partial charge >= 0.3 is 0 Å². The van der Waals surface area contributed by atoms with E-state index in [1.807, 2.05) is 0 Å². The second kappa shape index (κ2) is 14.3. The minimum atomic E-state index is -1.75. The van der Waals surface area contributed by atoms with Crippen LogP contribution in [0.5, 0.6) is 0 Å². The fraction of sp³-hybridized carbons (Fsp3) is 0.429. The maximum Gasteiger partial charge on any atom is 0.252 e. The van der Waals surface area contributed by atoms with E-state index in [0.29, 0.717) is 0 Å². The van der Waals surface area contributed by atoms with Gasteiger partial charge in [0.1, 0.15) is 0 Å². The van der Waals surface area contributed by atoms with E-state index in [1.165, 1.54) is 135 Å². The van der Waals surface area contributed by atoms with E-state index >= 15 is 0 Å². The third-order valence-corrected chi connectivity index (χ3v) is 21.2. The summed E-state index contributed by atoms with van der Waals surface area (Å²) in [5.41, 5.74) is 22.3. The van der Waals surface area contributed by atoms with E-state index in [0.717, 1.165) is 0 Å². The summed E-state index contributed by atoms with van der Waals surface area (Å²) in [6.07, 6.45) is 9.88. The van der Waals surface area contributed by atoms with Gasteiger partial charge in [-0.2, -0.15) is 0 Å². The normalized spacial score (nSPS) is 25.7. The van der Waals surface area contributed by atoms with Crippen molar-refractivity contribution in [3.05, 3.63) is 138 Å². The Morgan fingerprint density at radius 3 is 1.76 bits per heavy atom. The van der Waals surface area contributed by atoms with Crippen LogP contribution in [0.2, 0.25) is 19.6 Å². The Bertz CT molecular complexity index is 3080. The zero-order chi connectivity index (χ0) is 47.7. The molecule has 0 bridgehead atoms. The zero-order valence-corrected chi connectivity index (χ0v) is 44.5. The summed E-state index contributed by atoms with van der Waals surface area (Å²) in [6, 6.07) is 46.7. The lowest BCUT2D eigenvalue weighted by atomic mass is 9.33. The number of benzene rings is 6. The molecule has 12 rings (SSSR count). The molecule has 6 aromatic carbocycles. The molecule has 0 radical (unpaired) electrons. The topological polar surface area (TPSA) is 9.72 Å². The van der Waals surface area contributed by atoms with Crippen molar-refractivity contribution >= 4 is 76.2 Å². The van der Waals surface area contributed by atoms with E-state index in [9.17, 15) is 0 Å². The van der Waals surface area contributed by atoms with Gasteiger partial charge in [-0.25, -0.2) is 0 Å².